The summed E-state index contributed by atoms with van der Waals surface area (Å²) in [6.45, 7) is 7.96. The quantitative estimate of drug-likeness (QED) is 0.854. The fourth-order valence-corrected chi connectivity index (χ4v) is 5.17. The van der Waals surface area contributed by atoms with Crippen LogP contribution in [0.4, 0.5) is 0 Å². The summed E-state index contributed by atoms with van der Waals surface area (Å²) < 4.78 is 0. The Morgan fingerprint density at radius 3 is 2.83 bits per heavy atom. The Morgan fingerprint density at radius 2 is 2.17 bits per heavy atom. The van der Waals surface area contributed by atoms with Crippen molar-refractivity contribution < 1.29 is 0 Å². The van der Waals surface area contributed by atoms with Gasteiger partial charge in [-0.05, 0) is 30.9 Å². The standard InChI is InChI=1S/C14H26N2S2/c1-14(2,3)8-10-9-15-13(18-10)16-11-6-5-7-12(11)17-4/h10-12H,5-9H2,1-4H3,(H,15,16). The molecule has 1 heterocycles. The van der Waals surface area contributed by atoms with E-state index >= 15 is 0 Å². The van der Waals surface area contributed by atoms with E-state index in [9.17, 15) is 0 Å². The van der Waals surface area contributed by atoms with Gasteiger partial charge in [-0.15, -0.1) is 0 Å². The van der Waals surface area contributed by atoms with Crippen LogP contribution in [0, 0.1) is 5.41 Å². The van der Waals surface area contributed by atoms with Gasteiger partial charge in [0.15, 0.2) is 5.17 Å². The molecule has 0 saturated heterocycles. The number of nitrogens with zero attached hydrogens (tertiary/aromatic N) is 1. The Hall–Kier alpha value is 0.170. The number of amidine groups is 1. The molecule has 1 saturated carbocycles. The molecule has 104 valence electrons. The van der Waals surface area contributed by atoms with E-state index in [4.69, 9.17) is 4.99 Å². The molecule has 18 heavy (non-hydrogen) atoms. The van der Waals surface area contributed by atoms with E-state index in [1.165, 1.54) is 30.9 Å². The molecule has 0 bridgehead atoms. The maximum absolute atomic E-state index is 4.69. The minimum Gasteiger partial charge on any atom is -0.361 e. The lowest BCUT2D eigenvalue weighted by molar-refractivity contribution is 0.375. The lowest BCUT2D eigenvalue weighted by Gasteiger charge is -2.23. The first-order valence-corrected chi connectivity index (χ1v) is 9.15. The summed E-state index contributed by atoms with van der Waals surface area (Å²) in [7, 11) is 0. The molecule has 0 spiro atoms. The molecule has 2 rings (SSSR count). The molecule has 0 amide bonds. The number of hydrogen-bond donors (Lipinski definition) is 1. The smallest absolute Gasteiger partial charge is 0.157 e. The van der Waals surface area contributed by atoms with E-state index in [0.29, 0.717) is 16.7 Å². The highest BCUT2D eigenvalue weighted by atomic mass is 32.2. The van der Waals surface area contributed by atoms with Crippen LogP contribution in [-0.2, 0) is 0 Å². The van der Waals surface area contributed by atoms with Crippen LogP contribution in [0.15, 0.2) is 4.99 Å². The minimum atomic E-state index is 0.414. The summed E-state index contributed by atoms with van der Waals surface area (Å²) >= 11 is 3.97. The van der Waals surface area contributed by atoms with Gasteiger partial charge in [0, 0.05) is 16.5 Å². The lowest BCUT2D eigenvalue weighted by atomic mass is 9.90. The molecule has 3 atom stereocenters. The fourth-order valence-electron chi connectivity index (χ4n) is 2.82. The Balaban J connectivity index is 1.79. The van der Waals surface area contributed by atoms with Gasteiger partial charge in [0.2, 0.25) is 0 Å². The first-order chi connectivity index (χ1) is 8.48. The van der Waals surface area contributed by atoms with Crippen molar-refractivity contribution in [2.75, 3.05) is 12.8 Å². The normalized spacial score (nSPS) is 32.7. The summed E-state index contributed by atoms with van der Waals surface area (Å²) in [6.07, 6.45) is 7.53. The van der Waals surface area contributed by atoms with Gasteiger partial charge in [0.05, 0.1) is 6.54 Å². The van der Waals surface area contributed by atoms with Crippen LogP contribution in [0.2, 0.25) is 0 Å². The molecule has 1 aliphatic carbocycles. The van der Waals surface area contributed by atoms with Crippen molar-refractivity contribution in [3.63, 3.8) is 0 Å². The number of aliphatic imine (C=N–C) groups is 1. The topological polar surface area (TPSA) is 24.4 Å². The summed E-state index contributed by atoms with van der Waals surface area (Å²) in [5.41, 5.74) is 0.414. The van der Waals surface area contributed by atoms with E-state index < -0.39 is 0 Å². The highest BCUT2D eigenvalue weighted by molar-refractivity contribution is 8.14. The van der Waals surface area contributed by atoms with Crippen molar-refractivity contribution in [3.8, 4) is 0 Å². The van der Waals surface area contributed by atoms with E-state index in [-0.39, 0.29) is 0 Å². The first kappa shape index (κ1) is 14.6. The summed E-state index contributed by atoms with van der Waals surface area (Å²) in [5.74, 6) is 0. The molecule has 0 aromatic heterocycles. The van der Waals surface area contributed by atoms with E-state index in [1.807, 2.05) is 23.5 Å². The predicted octanol–water partition coefficient (Wildman–Crippen LogP) is 3.77. The molecule has 4 heteroatoms. The Kier molecular flexibility index (Phi) is 4.92. The van der Waals surface area contributed by atoms with Gasteiger partial charge in [0.1, 0.15) is 0 Å². The zero-order valence-electron chi connectivity index (χ0n) is 12.0. The van der Waals surface area contributed by atoms with Crippen molar-refractivity contribution in [1.82, 2.24) is 5.32 Å². The number of thioether (sulfide) groups is 2. The second kappa shape index (κ2) is 6.08. The molecule has 1 N–H and O–H groups in total. The molecule has 2 aliphatic rings. The maximum atomic E-state index is 4.69. The van der Waals surface area contributed by atoms with Crippen LogP contribution in [0.5, 0.6) is 0 Å². The molecule has 3 unspecified atom stereocenters. The number of nitrogens with one attached hydrogen (secondary N) is 1. The molecule has 0 radical (unpaired) electrons. The van der Waals surface area contributed by atoms with Crippen LogP contribution in [-0.4, -0.2) is 34.5 Å². The van der Waals surface area contributed by atoms with Gasteiger partial charge in [-0.25, -0.2) is 0 Å². The first-order valence-electron chi connectivity index (χ1n) is 6.98. The van der Waals surface area contributed by atoms with Crippen molar-refractivity contribution in [1.29, 1.82) is 0 Å². The summed E-state index contributed by atoms with van der Waals surface area (Å²) in [4.78, 5) is 4.69. The number of hydrogen-bond acceptors (Lipinski definition) is 4. The van der Waals surface area contributed by atoms with E-state index in [0.717, 1.165) is 11.8 Å². The predicted molar refractivity (Wildman–Crippen MR) is 85.8 cm³/mol. The van der Waals surface area contributed by atoms with Crippen LogP contribution >= 0.6 is 23.5 Å². The van der Waals surface area contributed by atoms with Gasteiger partial charge in [-0.3, -0.25) is 4.99 Å². The molecule has 1 aliphatic heterocycles. The molecule has 0 aromatic carbocycles. The Bertz CT molecular complexity index is 309. The summed E-state index contributed by atoms with van der Waals surface area (Å²) in [5, 5.41) is 6.36. The molecule has 0 aromatic rings. The van der Waals surface area contributed by atoms with E-state index in [1.54, 1.807) is 0 Å². The number of rotatable bonds is 3. The SMILES string of the molecule is CSC1CCCC1NC1=NCC(CC(C)(C)C)S1. The van der Waals surface area contributed by atoms with Crippen LogP contribution in [0.1, 0.15) is 46.5 Å². The van der Waals surface area contributed by atoms with Gasteiger partial charge < -0.3 is 5.32 Å². The average Bonchev–Trinajstić information content (AvgIpc) is 2.86. The molecular weight excluding hydrogens is 260 g/mol. The van der Waals surface area contributed by atoms with Crippen LogP contribution < -0.4 is 5.32 Å². The monoisotopic (exact) mass is 286 g/mol. The zero-order valence-corrected chi connectivity index (χ0v) is 13.7. The highest BCUT2D eigenvalue weighted by Crippen LogP contribution is 2.33. The van der Waals surface area contributed by atoms with Gasteiger partial charge in [-0.1, -0.05) is 39.0 Å². The lowest BCUT2D eigenvalue weighted by Crippen LogP contribution is -2.36. The molecule has 2 nitrogen and oxygen atoms in total. The highest BCUT2D eigenvalue weighted by Gasteiger charge is 2.30. The second-order valence-corrected chi connectivity index (χ2v) is 8.97. The third-order valence-corrected chi connectivity index (χ3v) is 5.91. The van der Waals surface area contributed by atoms with Crippen molar-refractivity contribution in [3.05, 3.63) is 0 Å². The van der Waals surface area contributed by atoms with Crippen LogP contribution in [0.3, 0.4) is 0 Å². The van der Waals surface area contributed by atoms with Crippen molar-refractivity contribution >= 4 is 28.7 Å². The molecule has 1 fully saturated rings. The third kappa shape index (κ3) is 4.09. The van der Waals surface area contributed by atoms with Crippen LogP contribution in [0.25, 0.3) is 0 Å². The maximum Gasteiger partial charge on any atom is 0.157 e. The van der Waals surface area contributed by atoms with Gasteiger partial charge >= 0.3 is 0 Å². The Labute approximate surface area is 120 Å². The van der Waals surface area contributed by atoms with Crippen molar-refractivity contribution in [2.45, 2.75) is 63.0 Å². The fraction of sp³-hybridized carbons (Fsp3) is 0.929. The van der Waals surface area contributed by atoms with E-state index in [2.05, 4.69) is 32.3 Å². The summed E-state index contributed by atoms with van der Waals surface area (Å²) in [6, 6.07) is 0.652. The Morgan fingerprint density at radius 1 is 1.39 bits per heavy atom. The van der Waals surface area contributed by atoms with Crippen molar-refractivity contribution in [2.24, 2.45) is 10.4 Å². The second-order valence-electron chi connectivity index (χ2n) is 6.61. The van der Waals surface area contributed by atoms with Gasteiger partial charge in [0.25, 0.3) is 0 Å². The minimum absolute atomic E-state index is 0.414. The average molecular weight is 287 g/mol. The zero-order chi connectivity index (χ0) is 13.2. The largest absolute Gasteiger partial charge is 0.361 e. The third-order valence-electron chi connectivity index (χ3n) is 3.62. The molecular formula is C14H26N2S2. The van der Waals surface area contributed by atoms with Gasteiger partial charge in [-0.2, -0.15) is 11.8 Å².